The average Bonchev–Trinajstić information content (AvgIpc) is 2.54. The van der Waals surface area contributed by atoms with Crippen molar-refractivity contribution in [3.8, 4) is 5.75 Å². The summed E-state index contributed by atoms with van der Waals surface area (Å²) in [7, 11) is 1.83. The van der Waals surface area contributed by atoms with E-state index in [1.54, 1.807) is 4.90 Å². The number of carbonyl (C=O) groups is 1. The Labute approximate surface area is 141 Å². The van der Waals surface area contributed by atoms with Crippen LogP contribution in [0.5, 0.6) is 5.75 Å². The number of fused-ring (bicyclic) bond motifs is 1. The molecular weight excluding hydrogens is 306 g/mol. The van der Waals surface area contributed by atoms with Gasteiger partial charge < -0.3 is 14.1 Å². The number of likely N-dealkylation sites (tertiary alicyclic amines) is 1. The van der Waals surface area contributed by atoms with Crippen LogP contribution in [0, 0.1) is 12.8 Å². The molecule has 2 aromatic rings. The molecular formula is C19H23NO4. The lowest BCUT2D eigenvalue weighted by atomic mass is 9.99. The molecule has 0 bridgehead atoms. The van der Waals surface area contributed by atoms with E-state index in [0.29, 0.717) is 24.5 Å². The van der Waals surface area contributed by atoms with Gasteiger partial charge in [0.1, 0.15) is 11.3 Å². The van der Waals surface area contributed by atoms with Gasteiger partial charge in [-0.2, -0.15) is 0 Å². The first-order valence-electron chi connectivity index (χ1n) is 8.42. The highest BCUT2D eigenvalue weighted by molar-refractivity contribution is 5.87. The van der Waals surface area contributed by atoms with Gasteiger partial charge in [0.2, 0.25) is 5.91 Å². The normalized spacial score (nSPS) is 18.2. The summed E-state index contributed by atoms with van der Waals surface area (Å²) in [6.45, 7) is 5.24. The lowest BCUT2D eigenvalue weighted by molar-refractivity contribution is -0.133. The molecule has 3 rings (SSSR count). The largest absolute Gasteiger partial charge is 0.492 e. The van der Waals surface area contributed by atoms with Crippen LogP contribution in [0.4, 0.5) is 0 Å². The molecule has 24 heavy (non-hydrogen) atoms. The van der Waals surface area contributed by atoms with Gasteiger partial charge >= 0.3 is 5.63 Å². The van der Waals surface area contributed by atoms with Crippen LogP contribution >= 0.6 is 0 Å². The zero-order valence-corrected chi connectivity index (χ0v) is 14.4. The van der Waals surface area contributed by atoms with Gasteiger partial charge in [0.15, 0.2) is 0 Å². The molecule has 2 heterocycles. The van der Waals surface area contributed by atoms with Gasteiger partial charge in [-0.15, -0.1) is 0 Å². The van der Waals surface area contributed by atoms with Gasteiger partial charge in [0, 0.05) is 32.0 Å². The second kappa shape index (κ2) is 6.67. The SMILES string of the molecule is CCc1cc(=O)oc2cc(C)cc(OCC3CCC(=O)N(C)C3)c12. The van der Waals surface area contributed by atoms with Gasteiger partial charge in [0.05, 0.1) is 12.0 Å². The summed E-state index contributed by atoms with van der Waals surface area (Å²) < 4.78 is 11.5. The maximum atomic E-state index is 11.7. The number of ether oxygens (including phenoxy) is 1. The van der Waals surface area contributed by atoms with Gasteiger partial charge in [-0.05, 0) is 43.0 Å². The Morgan fingerprint density at radius 1 is 1.29 bits per heavy atom. The van der Waals surface area contributed by atoms with Crippen molar-refractivity contribution in [2.45, 2.75) is 33.1 Å². The number of aryl methyl sites for hydroxylation is 2. The van der Waals surface area contributed by atoms with E-state index < -0.39 is 0 Å². The number of benzene rings is 1. The molecule has 1 aliphatic heterocycles. The van der Waals surface area contributed by atoms with Crippen LogP contribution in [0.2, 0.25) is 0 Å². The van der Waals surface area contributed by atoms with E-state index in [1.807, 2.05) is 33.0 Å². The van der Waals surface area contributed by atoms with E-state index in [4.69, 9.17) is 9.15 Å². The maximum Gasteiger partial charge on any atom is 0.336 e. The average molecular weight is 329 g/mol. The third-order valence-electron chi connectivity index (χ3n) is 4.61. The number of hydrogen-bond donors (Lipinski definition) is 0. The molecule has 0 aliphatic carbocycles. The topological polar surface area (TPSA) is 59.8 Å². The van der Waals surface area contributed by atoms with Gasteiger partial charge in [-0.3, -0.25) is 4.79 Å². The third-order valence-corrected chi connectivity index (χ3v) is 4.61. The number of carbonyl (C=O) groups excluding carboxylic acids is 1. The first kappa shape index (κ1) is 16.6. The summed E-state index contributed by atoms with van der Waals surface area (Å²) >= 11 is 0. The Morgan fingerprint density at radius 3 is 2.79 bits per heavy atom. The van der Waals surface area contributed by atoms with Crippen LogP contribution in [0.25, 0.3) is 11.0 Å². The standard InChI is InChI=1S/C19H23NO4/c1-4-14-9-18(22)24-16-8-12(2)7-15(19(14)16)23-11-13-5-6-17(21)20(3)10-13/h7-9,13H,4-6,10-11H2,1-3H3. The summed E-state index contributed by atoms with van der Waals surface area (Å²) in [6, 6.07) is 5.40. The zero-order chi connectivity index (χ0) is 17.3. The van der Waals surface area contributed by atoms with E-state index >= 15 is 0 Å². The fraction of sp³-hybridized carbons (Fsp3) is 0.474. The zero-order valence-electron chi connectivity index (χ0n) is 14.4. The molecule has 5 nitrogen and oxygen atoms in total. The fourth-order valence-corrected chi connectivity index (χ4v) is 3.31. The van der Waals surface area contributed by atoms with Crippen LogP contribution in [-0.4, -0.2) is 31.0 Å². The Morgan fingerprint density at radius 2 is 2.08 bits per heavy atom. The molecule has 0 spiro atoms. The fourth-order valence-electron chi connectivity index (χ4n) is 3.31. The van der Waals surface area contributed by atoms with Gasteiger partial charge in [0.25, 0.3) is 0 Å². The van der Waals surface area contributed by atoms with Crippen molar-refractivity contribution in [1.82, 2.24) is 4.90 Å². The highest BCUT2D eigenvalue weighted by atomic mass is 16.5. The van der Waals surface area contributed by atoms with E-state index in [0.717, 1.165) is 41.6 Å². The second-order valence-corrected chi connectivity index (χ2v) is 6.57. The first-order chi connectivity index (χ1) is 11.5. The lowest BCUT2D eigenvalue weighted by Gasteiger charge is -2.29. The molecule has 1 unspecified atom stereocenters. The second-order valence-electron chi connectivity index (χ2n) is 6.57. The van der Waals surface area contributed by atoms with Crippen LogP contribution in [0.3, 0.4) is 0 Å². The molecule has 1 amide bonds. The first-order valence-corrected chi connectivity index (χ1v) is 8.42. The van der Waals surface area contributed by atoms with Crippen molar-refractivity contribution in [2.24, 2.45) is 5.92 Å². The third kappa shape index (κ3) is 3.30. The van der Waals surface area contributed by atoms with Crippen molar-refractivity contribution in [3.63, 3.8) is 0 Å². The minimum atomic E-state index is -0.330. The van der Waals surface area contributed by atoms with Crippen molar-refractivity contribution in [2.75, 3.05) is 20.2 Å². The number of piperidine rings is 1. The van der Waals surface area contributed by atoms with E-state index in [-0.39, 0.29) is 11.5 Å². The number of nitrogens with zero attached hydrogens (tertiary/aromatic N) is 1. The molecule has 1 aromatic carbocycles. The maximum absolute atomic E-state index is 11.7. The molecule has 0 saturated carbocycles. The van der Waals surface area contributed by atoms with Gasteiger partial charge in [-0.25, -0.2) is 4.79 Å². The summed E-state index contributed by atoms with van der Waals surface area (Å²) in [5.41, 5.74) is 2.17. The summed E-state index contributed by atoms with van der Waals surface area (Å²) in [4.78, 5) is 25.1. The summed E-state index contributed by atoms with van der Waals surface area (Å²) in [6.07, 6.45) is 2.17. The monoisotopic (exact) mass is 329 g/mol. The molecule has 1 fully saturated rings. The minimum Gasteiger partial charge on any atom is -0.492 e. The number of hydrogen-bond acceptors (Lipinski definition) is 4. The molecule has 1 aliphatic rings. The Bertz CT molecular complexity index is 824. The highest BCUT2D eigenvalue weighted by Crippen LogP contribution is 2.31. The Kier molecular flexibility index (Phi) is 4.60. The highest BCUT2D eigenvalue weighted by Gasteiger charge is 2.23. The van der Waals surface area contributed by atoms with E-state index in [1.165, 1.54) is 6.07 Å². The Hall–Kier alpha value is -2.30. The number of amides is 1. The lowest BCUT2D eigenvalue weighted by Crippen LogP contribution is -2.38. The van der Waals surface area contributed by atoms with Gasteiger partial charge in [-0.1, -0.05) is 6.92 Å². The summed E-state index contributed by atoms with van der Waals surface area (Å²) in [5.74, 6) is 1.27. The van der Waals surface area contributed by atoms with Crippen LogP contribution in [0.15, 0.2) is 27.4 Å². The molecule has 128 valence electrons. The van der Waals surface area contributed by atoms with Crippen LogP contribution in [-0.2, 0) is 11.2 Å². The van der Waals surface area contributed by atoms with Crippen molar-refractivity contribution in [1.29, 1.82) is 0 Å². The predicted octanol–water partition coefficient (Wildman–Crippen LogP) is 2.91. The predicted molar refractivity (Wildman–Crippen MR) is 92.5 cm³/mol. The van der Waals surface area contributed by atoms with Crippen LogP contribution < -0.4 is 10.4 Å². The van der Waals surface area contributed by atoms with Crippen molar-refractivity contribution >= 4 is 16.9 Å². The van der Waals surface area contributed by atoms with Crippen molar-refractivity contribution < 1.29 is 13.9 Å². The van der Waals surface area contributed by atoms with E-state index in [9.17, 15) is 9.59 Å². The minimum absolute atomic E-state index is 0.197. The summed E-state index contributed by atoms with van der Waals surface area (Å²) in [5, 5.41) is 0.878. The number of rotatable bonds is 4. The molecule has 0 radical (unpaired) electrons. The molecule has 1 saturated heterocycles. The molecule has 1 aromatic heterocycles. The van der Waals surface area contributed by atoms with E-state index in [2.05, 4.69) is 0 Å². The molecule has 5 heteroatoms. The van der Waals surface area contributed by atoms with Crippen LogP contribution in [0.1, 0.15) is 30.9 Å². The Balaban J connectivity index is 1.89. The smallest absolute Gasteiger partial charge is 0.336 e. The molecule has 0 N–H and O–H groups in total. The molecule has 1 atom stereocenters. The van der Waals surface area contributed by atoms with Crippen molar-refractivity contribution in [3.05, 3.63) is 39.7 Å². The quantitative estimate of drug-likeness (QED) is 0.809.